The summed E-state index contributed by atoms with van der Waals surface area (Å²) in [6.45, 7) is 0. The van der Waals surface area contributed by atoms with Gasteiger partial charge in [-0.05, 0) is 35.4 Å². The summed E-state index contributed by atoms with van der Waals surface area (Å²) in [7, 11) is 0. The highest BCUT2D eigenvalue weighted by Gasteiger charge is 2.11. The Hall–Kier alpha value is -4.00. The monoisotopic (exact) mass is 361 g/mol. The Balaban J connectivity index is 1.60. The Bertz CT molecular complexity index is 968. The molecule has 0 heterocycles. The molecule has 2 amide bonds. The van der Waals surface area contributed by atoms with Crippen molar-refractivity contribution in [1.82, 2.24) is 10.9 Å². The molecule has 0 atom stereocenters. The molecule has 3 rings (SSSR count). The molecule has 7 heteroatoms. The van der Waals surface area contributed by atoms with Gasteiger partial charge in [0.25, 0.3) is 17.5 Å². The lowest BCUT2D eigenvalue weighted by molar-refractivity contribution is -0.384. The van der Waals surface area contributed by atoms with Gasteiger partial charge in [-0.3, -0.25) is 30.6 Å². The third-order valence-corrected chi connectivity index (χ3v) is 3.88. The number of benzene rings is 3. The Morgan fingerprint density at radius 2 is 1.11 bits per heavy atom. The Morgan fingerprint density at radius 1 is 0.667 bits per heavy atom. The van der Waals surface area contributed by atoms with Gasteiger partial charge in [0, 0.05) is 23.3 Å². The number of hydrogen-bond acceptors (Lipinski definition) is 4. The lowest BCUT2D eigenvalue weighted by atomic mass is 10.0. The van der Waals surface area contributed by atoms with Crippen LogP contribution in [0.1, 0.15) is 20.7 Å². The molecule has 0 spiro atoms. The van der Waals surface area contributed by atoms with Gasteiger partial charge in [-0.25, -0.2) is 0 Å². The van der Waals surface area contributed by atoms with Gasteiger partial charge in [-0.15, -0.1) is 0 Å². The minimum Gasteiger partial charge on any atom is -0.267 e. The number of carbonyl (C=O) groups excluding carboxylic acids is 2. The van der Waals surface area contributed by atoms with E-state index in [1.54, 1.807) is 12.1 Å². The maximum atomic E-state index is 12.2. The fourth-order valence-electron chi connectivity index (χ4n) is 2.44. The summed E-state index contributed by atoms with van der Waals surface area (Å²) in [4.78, 5) is 34.2. The second-order valence-corrected chi connectivity index (χ2v) is 5.66. The first-order valence-corrected chi connectivity index (χ1v) is 8.05. The van der Waals surface area contributed by atoms with Crippen molar-refractivity contribution < 1.29 is 14.5 Å². The number of rotatable bonds is 4. The van der Waals surface area contributed by atoms with Gasteiger partial charge in [0.15, 0.2) is 0 Å². The minimum atomic E-state index is -0.570. The van der Waals surface area contributed by atoms with E-state index in [1.165, 1.54) is 24.3 Å². The van der Waals surface area contributed by atoms with Gasteiger partial charge >= 0.3 is 0 Å². The van der Waals surface area contributed by atoms with E-state index in [1.807, 2.05) is 42.5 Å². The van der Waals surface area contributed by atoms with Crippen molar-refractivity contribution >= 4 is 17.5 Å². The van der Waals surface area contributed by atoms with Crippen LogP contribution in [-0.2, 0) is 0 Å². The van der Waals surface area contributed by atoms with E-state index in [2.05, 4.69) is 10.9 Å². The van der Waals surface area contributed by atoms with E-state index < -0.39 is 16.7 Å². The van der Waals surface area contributed by atoms with Gasteiger partial charge < -0.3 is 0 Å². The third kappa shape index (κ3) is 4.35. The molecular weight excluding hydrogens is 346 g/mol. The highest BCUT2D eigenvalue weighted by molar-refractivity contribution is 5.99. The van der Waals surface area contributed by atoms with Crippen molar-refractivity contribution in [2.24, 2.45) is 0 Å². The summed E-state index contributed by atoms with van der Waals surface area (Å²) in [6, 6.07) is 21.8. The molecule has 0 bridgehead atoms. The normalized spacial score (nSPS) is 10.1. The van der Waals surface area contributed by atoms with E-state index in [4.69, 9.17) is 0 Å². The first kappa shape index (κ1) is 17.8. The molecular formula is C20H15N3O4. The summed E-state index contributed by atoms with van der Waals surface area (Å²) in [5.41, 5.74) is 7.08. The zero-order valence-corrected chi connectivity index (χ0v) is 14.1. The molecule has 134 valence electrons. The maximum absolute atomic E-state index is 12.2. The summed E-state index contributed by atoms with van der Waals surface area (Å²) in [5, 5.41) is 10.6. The van der Waals surface area contributed by atoms with Crippen molar-refractivity contribution in [3.63, 3.8) is 0 Å². The van der Waals surface area contributed by atoms with Gasteiger partial charge in [-0.2, -0.15) is 0 Å². The van der Waals surface area contributed by atoms with Crippen molar-refractivity contribution in [2.45, 2.75) is 0 Å². The molecule has 7 nitrogen and oxygen atoms in total. The number of carbonyl (C=O) groups is 2. The van der Waals surface area contributed by atoms with Gasteiger partial charge in [0.2, 0.25) is 0 Å². The summed E-state index contributed by atoms with van der Waals surface area (Å²) >= 11 is 0. The summed E-state index contributed by atoms with van der Waals surface area (Å²) in [6.07, 6.45) is 0. The SMILES string of the molecule is O=C(NNC(=O)c1ccc([N+](=O)[O-])cc1)c1ccc(-c2ccccc2)cc1. The molecule has 0 aliphatic carbocycles. The number of nitrogens with one attached hydrogen (secondary N) is 2. The molecule has 0 unspecified atom stereocenters. The predicted molar refractivity (Wildman–Crippen MR) is 99.9 cm³/mol. The second kappa shape index (κ2) is 7.92. The van der Waals surface area contributed by atoms with Crippen LogP contribution in [0, 0.1) is 10.1 Å². The second-order valence-electron chi connectivity index (χ2n) is 5.66. The van der Waals surface area contributed by atoms with Crippen molar-refractivity contribution in [2.75, 3.05) is 0 Å². The number of nitrogens with zero attached hydrogens (tertiary/aromatic N) is 1. The van der Waals surface area contributed by atoms with E-state index in [-0.39, 0.29) is 11.3 Å². The highest BCUT2D eigenvalue weighted by Crippen LogP contribution is 2.19. The number of nitro groups is 1. The van der Waals surface area contributed by atoms with Crippen molar-refractivity contribution in [1.29, 1.82) is 0 Å². The quantitative estimate of drug-likeness (QED) is 0.550. The van der Waals surface area contributed by atoms with E-state index >= 15 is 0 Å². The van der Waals surface area contributed by atoms with Crippen LogP contribution in [0.25, 0.3) is 11.1 Å². The van der Waals surface area contributed by atoms with Crippen LogP contribution in [0.2, 0.25) is 0 Å². The first-order valence-electron chi connectivity index (χ1n) is 8.05. The topological polar surface area (TPSA) is 101 Å². The van der Waals surface area contributed by atoms with Crippen LogP contribution in [0.15, 0.2) is 78.9 Å². The van der Waals surface area contributed by atoms with Crippen LogP contribution in [0.4, 0.5) is 5.69 Å². The number of hydrogen-bond donors (Lipinski definition) is 2. The van der Waals surface area contributed by atoms with E-state index in [0.717, 1.165) is 11.1 Å². The average Bonchev–Trinajstić information content (AvgIpc) is 2.72. The van der Waals surface area contributed by atoms with Crippen LogP contribution in [0.5, 0.6) is 0 Å². The van der Waals surface area contributed by atoms with Gasteiger partial charge in [0.1, 0.15) is 0 Å². The van der Waals surface area contributed by atoms with Crippen molar-refractivity contribution in [3.8, 4) is 11.1 Å². The standard InChI is InChI=1S/C20H15N3O4/c24-19(16-8-6-15(7-9-16)14-4-2-1-3-5-14)21-22-20(25)17-10-12-18(13-11-17)23(26)27/h1-13H,(H,21,24)(H,22,25). The predicted octanol–water partition coefficient (Wildman–Crippen LogP) is 3.34. The molecule has 0 fully saturated rings. The molecule has 2 N–H and O–H groups in total. The first-order chi connectivity index (χ1) is 13.0. The third-order valence-electron chi connectivity index (χ3n) is 3.88. The maximum Gasteiger partial charge on any atom is 0.269 e. The molecule has 3 aromatic carbocycles. The lowest BCUT2D eigenvalue weighted by Gasteiger charge is -2.08. The highest BCUT2D eigenvalue weighted by atomic mass is 16.6. The summed E-state index contributed by atoms with van der Waals surface area (Å²) < 4.78 is 0. The molecule has 3 aromatic rings. The molecule has 0 radical (unpaired) electrons. The Kier molecular flexibility index (Phi) is 5.22. The van der Waals surface area contributed by atoms with Crippen molar-refractivity contribution in [3.05, 3.63) is 100 Å². The van der Waals surface area contributed by atoms with Gasteiger partial charge in [-0.1, -0.05) is 42.5 Å². The molecule has 27 heavy (non-hydrogen) atoms. The average molecular weight is 361 g/mol. The number of hydrazine groups is 1. The van der Waals surface area contributed by atoms with Crippen LogP contribution >= 0.6 is 0 Å². The van der Waals surface area contributed by atoms with Crippen LogP contribution in [0.3, 0.4) is 0 Å². The van der Waals surface area contributed by atoms with Crippen LogP contribution in [-0.4, -0.2) is 16.7 Å². The zero-order chi connectivity index (χ0) is 19.2. The Morgan fingerprint density at radius 3 is 1.59 bits per heavy atom. The zero-order valence-electron chi connectivity index (χ0n) is 14.1. The Labute approximate surface area is 154 Å². The minimum absolute atomic E-state index is 0.117. The smallest absolute Gasteiger partial charge is 0.267 e. The molecule has 0 aliphatic rings. The largest absolute Gasteiger partial charge is 0.269 e. The molecule has 0 saturated heterocycles. The van der Waals surface area contributed by atoms with E-state index in [0.29, 0.717) is 5.56 Å². The molecule has 0 aliphatic heterocycles. The van der Waals surface area contributed by atoms with Crippen LogP contribution < -0.4 is 10.9 Å². The number of nitro benzene ring substituents is 1. The fraction of sp³-hybridized carbons (Fsp3) is 0. The fourth-order valence-corrected chi connectivity index (χ4v) is 2.44. The van der Waals surface area contributed by atoms with Gasteiger partial charge in [0.05, 0.1) is 4.92 Å². The lowest BCUT2D eigenvalue weighted by Crippen LogP contribution is -2.41. The molecule has 0 aromatic heterocycles. The molecule has 0 saturated carbocycles. The number of amides is 2. The number of non-ortho nitro benzene ring substituents is 1. The summed E-state index contributed by atoms with van der Waals surface area (Å²) in [5.74, 6) is -1.04. The van der Waals surface area contributed by atoms with E-state index in [9.17, 15) is 19.7 Å².